The molecule has 1 N–H and O–H groups in total. The van der Waals surface area contributed by atoms with Crippen LogP contribution in [0.25, 0.3) is 0 Å². The first-order chi connectivity index (χ1) is 11.9. The lowest BCUT2D eigenvalue weighted by Gasteiger charge is -2.26. The monoisotopic (exact) mass is 338 g/mol. The smallest absolute Gasteiger partial charge is 0.119 e. The molecule has 1 aliphatic heterocycles. The van der Waals surface area contributed by atoms with E-state index in [0.29, 0.717) is 19.1 Å². The first-order valence-electron chi connectivity index (χ1n) is 8.40. The van der Waals surface area contributed by atoms with E-state index >= 15 is 0 Å². The maximum absolute atomic E-state index is 8.56. The third-order valence-electron chi connectivity index (χ3n) is 4.11. The van der Waals surface area contributed by atoms with Crippen molar-refractivity contribution in [1.29, 1.82) is 5.26 Å². The lowest BCUT2D eigenvalue weighted by atomic mass is 10.0. The number of nitrogens with one attached hydrogen (secondary N) is 1. The SMILES string of the molecule is N#CCCCOc1cccc(CNC2CCSc3ccccc32)c1. The molecule has 4 heteroatoms. The molecule has 0 spiro atoms. The summed E-state index contributed by atoms with van der Waals surface area (Å²) < 4.78 is 5.71. The quantitative estimate of drug-likeness (QED) is 0.744. The number of thioether (sulfide) groups is 1. The number of nitrogens with zero attached hydrogens (tertiary/aromatic N) is 1. The number of nitriles is 1. The molecule has 3 nitrogen and oxygen atoms in total. The van der Waals surface area contributed by atoms with Crippen molar-refractivity contribution in [2.45, 2.75) is 36.7 Å². The van der Waals surface area contributed by atoms with Crippen LogP contribution in [0.3, 0.4) is 0 Å². The first kappa shape index (κ1) is 16.9. The third-order valence-corrected chi connectivity index (χ3v) is 5.23. The molecule has 3 rings (SSSR count). The maximum Gasteiger partial charge on any atom is 0.119 e. The normalized spacial score (nSPS) is 16.2. The Hall–Kier alpha value is -1.96. The minimum absolute atomic E-state index is 0.419. The van der Waals surface area contributed by atoms with Crippen LogP contribution in [0, 0.1) is 11.3 Å². The van der Waals surface area contributed by atoms with Gasteiger partial charge in [0.25, 0.3) is 0 Å². The fourth-order valence-electron chi connectivity index (χ4n) is 2.88. The van der Waals surface area contributed by atoms with Gasteiger partial charge in [-0.25, -0.2) is 0 Å². The second-order valence-corrected chi connectivity index (χ2v) is 7.00. The van der Waals surface area contributed by atoms with Gasteiger partial charge in [0.15, 0.2) is 0 Å². The van der Waals surface area contributed by atoms with E-state index in [2.05, 4.69) is 47.8 Å². The van der Waals surface area contributed by atoms with E-state index in [1.165, 1.54) is 16.0 Å². The fourth-order valence-corrected chi connectivity index (χ4v) is 4.01. The fraction of sp³-hybridized carbons (Fsp3) is 0.350. The van der Waals surface area contributed by atoms with Gasteiger partial charge < -0.3 is 10.1 Å². The van der Waals surface area contributed by atoms with E-state index in [4.69, 9.17) is 10.00 Å². The molecule has 0 fully saturated rings. The summed E-state index contributed by atoms with van der Waals surface area (Å²) in [5, 5.41) is 12.2. The first-order valence-corrected chi connectivity index (χ1v) is 9.39. The molecule has 2 aromatic carbocycles. The molecule has 2 aromatic rings. The number of hydrogen-bond acceptors (Lipinski definition) is 4. The van der Waals surface area contributed by atoms with Gasteiger partial charge in [-0.2, -0.15) is 5.26 Å². The predicted molar refractivity (Wildman–Crippen MR) is 98.1 cm³/mol. The Labute approximate surface area is 148 Å². The summed E-state index contributed by atoms with van der Waals surface area (Å²) in [5.41, 5.74) is 2.64. The van der Waals surface area contributed by atoms with Crippen LogP contribution in [0.2, 0.25) is 0 Å². The van der Waals surface area contributed by atoms with Crippen LogP contribution in [0.5, 0.6) is 5.75 Å². The highest BCUT2D eigenvalue weighted by atomic mass is 32.2. The highest BCUT2D eigenvalue weighted by molar-refractivity contribution is 7.99. The van der Waals surface area contributed by atoms with Gasteiger partial charge in [-0.15, -0.1) is 11.8 Å². The van der Waals surface area contributed by atoms with Gasteiger partial charge in [0.2, 0.25) is 0 Å². The van der Waals surface area contributed by atoms with E-state index in [-0.39, 0.29) is 0 Å². The van der Waals surface area contributed by atoms with E-state index in [1.807, 2.05) is 23.9 Å². The molecule has 0 aromatic heterocycles. The number of fused-ring (bicyclic) bond motifs is 1. The summed E-state index contributed by atoms with van der Waals surface area (Å²) in [5.74, 6) is 2.04. The largest absolute Gasteiger partial charge is 0.494 e. The topological polar surface area (TPSA) is 45.0 Å². The summed E-state index contributed by atoms with van der Waals surface area (Å²) >= 11 is 1.95. The van der Waals surface area contributed by atoms with Crippen molar-refractivity contribution >= 4 is 11.8 Å². The van der Waals surface area contributed by atoms with Crippen LogP contribution >= 0.6 is 11.8 Å². The summed E-state index contributed by atoms with van der Waals surface area (Å²) in [6, 6.07) is 19.4. The minimum atomic E-state index is 0.419. The molecular weight excluding hydrogens is 316 g/mol. The molecular formula is C20H22N2OS. The zero-order valence-electron chi connectivity index (χ0n) is 13.7. The standard InChI is InChI=1S/C20H22N2OS/c21-11-3-4-12-23-17-7-5-6-16(14-17)15-22-19-10-13-24-20-9-2-1-8-18(19)20/h1-2,5-9,14,19,22H,3-4,10,12-13,15H2. The van der Waals surface area contributed by atoms with Crippen LogP contribution in [-0.4, -0.2) is 12.4 Å². The lowest BCUT2D eigenvalue weighted by molar-refractivity contribution is 0.312. The lowest BCUT2D eigenvalue weighted by Crippen LogP contribution is -2.24. The van der Waals surface area contributed by atoms with Gasteiger partial charge >= 0.3 is 0 Å². The van der Waals surface area contributed by atoms with E-state index in [0.717, 1.165) is 30.9 Å². The molecule has 124 valence electrons. The van der Waals surface area contributed by atoms with Crippen molar-refractivity contribution in [3.05, 3.63) is 59.7 Å². The molecule has 1 heterocycles. The predicted octanol–water partition coefficient (Wildman–Crippen LogP) is 4.70. The van der Waals surface area contributed by atoms with Gasteiger partial charge in [-0.3, -0.25) is 0 Å². The molecule has 0 bridgehead atoms. The maximum atomic E-state index is 8.56. The summed E-state index contributed by atoms with van der Waals surface area (Å²) in [6.07, 6.45) is 2.47. The van der Waals surface area contributed by atoms with Crippen LogP contribution in [0.4, 0.5) is 0 Å². The van der Waals surface area contributed by atoms with Crippen molar-refractivity contribution in [3.8, 4) is 11.8 Å². The highest BCUT2D eigenvalue weighted by Gasteiger charge is 2.19. The molecule has 0 aliphatic carbocycles. The molecule has 24 heavy (non-hydrogen) atoms. The Morgan fingerprint density at radius 2 is 2.12 bits per heavy atom. The summed E-state index contributed by atoms with van der Waals surface area (Å²) in [4.78, 5) is 1.40. The van der Waals surface area contributed by atoms with Crippen molar-refractivity contribution in [3.63, 3.8) is 0 Å². The number of benzene rings is 2. The molecule has 0 amide bonds. The zero-order chi connectivity index (χ0) is 16.6. The number of hydrogen-bond donors (Lipinski definition) is 1. The zero-order valence-corrected chi connectivity index (χ0v) is 14.5. The van der Waals surface area contributed by atoms with Crippen molar-refractivity contribution in [1.82, 2.24) is 5.32 Å². The molecule has 1 aliphatic rings. The number of unbranched alkanes of at least 4 members (excludes halogenated alkanes) is 1. The minimum Gasteiger partial charge on any atom is -0.494 e. The van der Waals surface area contributed by atoms with Crippen LogP contribution in [0.1, 0.15) is 36.4 Å². The van der Waals surface area contributed by atoms with Gasteiger partial charge in [0.05, 0.1) is 12.7 Å². The van der Waals surface area contributed by atoms with Crippen molar-refractivity contribution in [2.75, 3.05) is 12.4 Å². The second-order valence-electron chi connectivity index (χ2n) is 5.87. The summed E-state index contributed by atoms with van der Waals surface area (Å²) in [6.45, 7) is 1.43. The van der Waals surface area contributed by atoms with E-state index < -0.39 is 0 Å². The average Bonchev–Trinajstić information content (AvgIpc) is 2.64. The molecule has 1 unspecified atom stereocenters. The Kier molecular flexibility index (Phi) is 6.17. The number of ether oxygens (including phenoxy) is 1. The second kappa shape index (κ2) is 8.77. The Bertz CT molecular complexity index is 711. The summed E-state index contributed by atoms with van der Waals surface area (Å²) in [7, 11) is 0. The highest BCUT2D eigenvalue weighted by Crippen LogP contribution is 2.35. The molecule has 0 saturated carbocycles. The van der Waals surface area contributed by atoms with Crippen LogP contribution in [-0.2, 0) is 6.54 Å². The van der Waals surface area contributed by atoms with Gasteiger partial charge in [-0.05, 0) is 47.9 Å². The third kappa shape index (κ3) is 4.53. The van der Waals surface area contributed by atoms with Crippen molar-refractivity contribution < 1.29 is 4.74 Å². The Morgan fingerprint density at radius 1 is 1.21 bits per heavy atom. The van der Waals surface area contributed by atoms with Gasteiger partial charge in [-0.1, -0.05) is 30.3 Å². The van der Waals surface area contributed by atoms with Crippen molar-refractivity contribution in [2.24, 2.45) is 0 Å². The van der Waals surface area contributed by atoms with E-state index in [9.17, 15) is 0 Å². The van der Waals surface area contributed by atoms with E-state index in [1.54, 1.807) is 0 Å². The molecule has 0 saturated heterocycles. The number of rotatable bonds is 7. The molecule has 1 atom stereocenters. The van der Waals surface area contributed by atoms with Gasteiger partial charge in [0, 0.05) is 23.9 Å². The van der Waals surface area contributed by atoms with Crippen LogP contribution < -0.4 is 10.1 Å². The Balaban J connectivity index is 1.56. The Morgan fingerprint density at radius 3 is 3.04 bits per heavy atom. The van der Waals surface area contributed by atoms with Gasteiger partial charge in [0.1, 0.15) is 5.75 Å². The molecule has 0 radical (unpaired) electrons. The average molecular weight is 338 g/mol. The van der Waals surface area contributed by atoms with Crippen LogP contribution in [0.15, 0.2) is 53.4 Å².